The van der Waals surface area contributed by atoms with Crippen LogP contribution in [0.1, 0.15) is 6.42 Å². The maximum Gasteiger partial charge on any atom is 0.321 e. The average Bonchev–Trinajstić information content (AvgIpc) is 2.48. The molecule has 0 aromatic heterocycles. The molecule has 2 aliphatic heterocycles. The quantitative estimate of drug-likeness (QED) is 0.674. The van der Waals surface area contributed by atoms with Crippen LogP contribution in [0.4, 0.5) is 0 Å². The number of carboxylic acid groups (broad SMARTS) is 1. The summed E-state index contributed by atoms with van der Waals surface area (Å²) in [4.78, 5) is 16.6. The highest BCUT2D eigenvalue weighted by atomic mass is 35.5. The van der Waals surface area contributed by atoms with Crippen LogP contribution in [0.5, 0.6) is 0 Å². The van der Waals surface area contributed by atoms with Crippen LogP contribution in [0.2, 0.25) is 0 Å². The van der Waals surface area contributed by atoms with Crippen molar-refractivity contribution in [1.29, 1.82) is 0 Å². The third-order valence-electron chi connectivity index (χ3n) is 2.36. The first-order chi connectivity index (χ1) is 6.18. The number of rotatable bonds is 1. The molecule has 1 radical (unpaired) electrons. The predicted octanol–water partition coefficient (Wildman–Crippen LogP) is 0.0548. The van der Waals surface area contributed by atoms with Gasteiger partial charge in [0.2, 0.25) is 0 Å². The molecule has 0 aromatic rings. The molecule has 0 aliphatic carbocycles. The molecule has 2 heterocycles. The van der Waals surface area contributed by atoms with Crippen molar-refractivity contribution >= 4 is 24.7 Å². The first kappa shape index (κ1) is 11.0. The Kier molecular flexibility index (Phi) is 3.13. The van der Waals surface area contributed by atoms with Crippen molar-refractivity contribution in [2.45, 2.75) is 12.5 Å². The second kappa shape index (κ2) is 3.98. The summed E-state index contributed by atoms with van der Waals surface area (Å²) in [5, 5.41) is 12.9. The minimum atomic E-state index is -0.795. The molecule has 77 valence electrons. The Morgan fingerprint density at radius 2 is 2.36 bits per heavy atom. The van der Waals surface area contributed by atoms with E-state index in [1.54, 1.807) is 11.9 Å². The first-order valence-corrected chi connectivity index (χ1v) is 4.07. The van der Waals surface area contributed by atoms with Crippen molar-refractivity contribution in [2.75, 3.05) is 13.6 Å². The van der Waals surface area contributed by atoms with Crippen LogP contribution in [0.25, 0.3) is 0 Å². The van der Waals surface area contributed by atoms with Gasteiger partial charge in [0.05, 0.1) is 11.4 Å². The van der Waals surface area contributed by atoms with Crippen molar-refractivity contribution in [3.05, 3.63) is 11.4 Å². The molecule has 0 spiro atoms. The van der Waals surface area contributed by atoms with E-state index in [1.165, 1.54) is 6.34 Å². The molecular weight excluding hydrogens is 206 g/mol. The summed E-state index contributed by atoms with van der Waals surface area (Å²) in [5.74, 6) is -0.795. The highest BCUT2D eigenvalue weighted by Gasteiger charge is 2.32. The molecule has 0 amide bonds. The van der Waals surface area contributed by atoms with E-state index < -0.39 is 12.0 Å². The van der Waals surface area contributed by atoms with Crippen molar-refractivity contribution in [2.24, 2.45) is 4.99 Å². The summed E-state index contributed by atoms with van der Waals surface area (Å²) in [6.45, 7) is 0.576. The fraction of sp³-hybridized carbons (Fsp3) is 0.500. The Balaban J connectivity index is 0.000000980. The molecule has 5 nitrogen and oxygen atoms in total. The fourth-order valence-corrected chi connectivity index (χ4v) is 1.58. The van der Waals surface area contributed by atoms with E-state index >= 15 is 0 Å². The van der Waals surface area contributed by atoms with Gasteiger partial charge in [0.15, 0.2) is 0 Å². The maximum atomic E-state index is 10.8. The van der Waals surface area contributed by atoms with Crippen molar-refractivity contribution < 1.29 is 9.90 Å². The van der Waals surface area contributed by atoms with Gasteiger partial charge in [0.1, 0.15) is 12.4 Å². The summed E-state index contributed by atoms with van der Waals surface area (Å²) < 4.78 is 0. The third kappa shape index (κ3) is 1.73. The van der Waals surface area contributed by atoms with Gasteiger partial charge in [-0.1, -0.05) is 0 Å². The molecule has 2 rings (SSSR count). The number of halogens is 1. The topological polar surface area (TPSA) is 67.0 Å². The van der Waals surface area contributed by atoms with E-state index in [0.29, 0.717) is 13.0 Å². The largest absolute Gasteiger partial charge is 0.480 e. The SMILES string of the molecule is CN1CC2=C(C[C@@H]1C(=O)O)[N]C=N2.Cl. The molecule has 0 saturated carbocycles. The van der Waals surface area contributed by atoms with E-state index in [1.807, 2.05) is 0 Å². The van der Waals surface area contributed by atoms with Crippen LogP contribution in [0, 0.1) is 0 Å². The molecule has 1 atom stereocenters. The maximum absolute atomic E-state index is 10.8. The van der Waals surface area contributed by atoms with Gasteiger partial charge in [-0.3, -0.25) is 9.69 Å². The van der Waals surface area contributed by atoms with Gasteiger partial charge in [-0.15, -0.1) is 12.4 Å². The minimum absolute atomic E-state index is 0. The van der Waals surface area contributed by atoms with Crippen LogP contribution < -0.4 is 5.32 Å². The third-order valence-corrected chi connectivity index (χ3v) is 2.36. The molecular formula is C8H11ClN3O2. The summed E-state index contributed by atoms with van der Waals surface area (Å²) in [6.07, 6.45) is 1.95. The van der Waals surface area contributed by atoms with Crippen molar-refractivity contribution in [3.63, 3.8) is 0 Å². The van der Waals surface area contributed by atoms with Gasteiger partial charge >= 0.3 is 5.97 Å². The monoisotopic (exact) mass is 216 g/mol. The summed E-state index contributed by atoms with van der Waals surface area (Å²) in [6, 6.07) is -0.454. The Bertz CT molecular complexity index is 314. The lowest BCUT2D eigenvalue weighted by molar-refractivity contribution is -0.142. The number of likely N-dealkylation sites (N-methyl/N-ethyl adjacent to an activating group) is 1. The smallest absolute Gasteiger partial charge is 0.321 e. The van der Waals surface area contributed by atoms with Crippen LogP contribution >= 0.6 is 12.4 Å². The number of aliphatic imine (C=N–C) groups is 1. The average molecular weight is 217 g/mol. The van der Waals surface area contributed by atoms with E-state index in [0.717, 1.165) is 11.4 Å². The predicted molar refractivity (Wildman–Crippen MR) is 53.6 cm³/mol. The van der Waals surface area contributed by atoms with Crippen molar-refractivity contribution in [3.8, 4) is 0 Å². The molecule has 0 saturated heterocycles. The van der Waals surface area contributed by atoms with Gasteiger partial charge < -0.3 is 5.11 Å². The Morgan fingerprint density at radius 3 is 3.00 bits per heavy atom. The summed E-state index contributed by atoms with van der Waals surface area (Å²) in [7, 11) is 1.79. The van der Waals surface area contributed by atoms with Crippen molar-refractivity contribution in [1.82, 2.24) is 10.2 Å². The molecule has 0 aromatic carbocycles. The van der Waals surface area contributed by atoms with Gasteiger partial charge in [-0.2, -0.15) is 0 Å². The van der Waals surface area contributed by atoms with E-state index in [-0.39, 0.29) is 12.4 Å². The summed E-state index contributed by atoms with van der Waals surface area (Å²) >= 11 is 0. The second-order valence-electron chi connectivity index (χ2n) is 3.24. The Labute approximate surface area is 87.9 Å². The molecule has 0 fully saturated rings. The lowest BCUT2D eigenvalue weighted by Gasteiger charge is -2.28. The Hall–Kier alpha value is -1.07. The first-order valence-electron chi connectivity index (χ1n) is 4.07. The minimum Gasteiger partial charge on any atom is -0.480 e. The van der Waals surface area contributed by atoms with Gasteiger partial charge in [-0.25, -0.2) is 10.3 Å². The Morgan fingerprint density at radius 1 is 1.64 bits per heavy atom. The lowest BCUT2D eigenvalue weighted by Crippen LogP contribution is -2.43. The van der Waals surface area contributed by atoms with Crippen LogP contribution in [-0.4, -0.2) is 41.9 Å². The van der Waals surface area contributed by atoms with Crippen LogP contribution in [0.3, 0.4) is 0 Å². The van der Waals surface area contributed by atoms with E-state index in [2.05, 4.69) is 10.3 Å². The fourth-order valence-electron chi connectivity index (χ4n) is 1.58. The highest BCUT2D eigenvalue weighted by molar-refractivity contribution is 5.85. The van der Waals surface area contributed by atoms with Gasteiger partial charge in [-0.05, 0) is 7.05 Å². The molecule has 0 unspecified atom stereocenters. The second-order valence-corrected chi connectivity index (χ2v) is 3.24. The lowest BCUT2D eigenvalue weighted by atomic mass is 10.0. The number of carbonyl (C=O) groups is 1. The molecule has 0 bridgehead atoms. The number of hydrogen-bond acceptors (Lipinski definition) is 3. The highest BCUT2D eigenvalue weighted by Crippen LogP contribution is 2.23. The van der Waals surface area contributed by atoms with E-state index in [9.17, 15) is 4.79 Å². The van der Waals surface area contributed by atoms with Gasteiger partial charge in [0.25, 0.3) is 0 Å². The van der Waals surface area contributed by atoms with Crippen LogP contribution in [0.15, 0.2) is 16.4 Å². The summed E-state index contributed by atoms with van der Waals surface area (Å²) in [5.41, 5.74) is 1.73. The number of hydrogen-bond donors (Lipinski definition) is 1. The number of aliphatic carboxylic acids is 1. The zero-order chi connectivity index (χ0) is 9.42. The molecule has 6 heteroatoms. The number of carboxylic acids is 1. The molecule has 14 heavy (non-hydrogen) atoms. The zero-order valence-corrected chi connectivity index (χ0v) is 8.49. The standard InChI is InChI=1S/C8H10N3O2.ClH/c1-11-3-6-5(9-4-10-6)2-7(11)8(12)13;/h4,7H,2-3H2,1H3,(H,12,13);1H/t7-;/m1./s1. The van der Waals surface area contributed by atoms with E-state index in [4.69, 9.17) is 5.11 Å². The normalized spacial score (nSPS) is 25.4. The van der Waals surface area contributed by atoms with Crippen LogP contribution in [-0.2, 0) is 4.79 Å². The molecule has 1 N–H and O–H groups in total. The van der Waals surface area contributed by atoms with Gasteiger partial charge in [0, 0.05) is 13.0 Å². The number of nitrogens with zero attached hydrogens (tertiary/aromatic N) is 3. The zero-order valence-electron chi connectivity index (χ0n) is 7.67. The molecule has 2 aliphatic rings.